The number of nitrogens with one attached hydrogen (secondary N) is 1. The van der Waals surface area contributed by atoms with Crippen LogP contribution >= 0.6 is 22.9 Å². The zero-order valence-corrected chi connectivity index (χ0v) is 11.7. The lowest BCUT2D eigenvalue weighted by atomic mass is 10.3. The molecule has 0 spiro atoms. The fraction of sp³-hybridized carbons (Fsp3) is 0.308. The van der Waals surface area contributed by atoms with Gasteiger partial charge in [-0.1, -0.05) is 24.6 Å². The predicted octanol–water partition coefficient (Wildman–Crippen LogP) is 4.20. The molecule has 0 saturated heterocycles. The Kier molecular flexibility index (Phi) is 4.84. The summed E-state index contributed by atoms with van der Waals surface area (Å²) in [5.41, 5.74) is 1.02. The summed E-state index contributed by atoms with van der Waals surface area (Å²) < 4.78 is 6.29. The number of hydrogen-bond donors (Lipinski definition) is 1. The lowest BCUT2D eigenvalue weighted by Crippen LogP contribution is -2.00. The normalized spacial score (nSPS) is 10.3. The van der Waals surface area contributed by atoms with E-state index >= 15 is 0 Å². The summed E-state index contributed by atoms with van der Waals surface area (Å²) in [6.07, 6.45) is 2.68. The molecular weight excluding hydrogens is 268 g/mol. The van der Waals surface area contributed by atoms with Crippen LogP contribution in [-0.2, 0) is 6.54 Å². The van der Waals surface area contributed by atoms with E-state index in [1.807, 2.05) is 24.3 Å². The summed E-state index contributed by atoms with van der Waals surface area (Å²) >= 11 is 7.32. The molecule has 1 heterocycles. The lowest BCUT2D eigenvalue weighted by molar-refractivity contribution is 0.317. The number of aromatic nitrogens is 1. The molecule has 1 aromatic carbocycles. The van der Waals surface area contributed by atoms with Gasteiger partial charge in [-0.15, -0.1) is 11.3 Å². The molecule has 96 valence electrons. The van der Waals surface area contributed by atoms with Gasteiger partial charge in [-0.3, -0.25) is 0 Å². The number of thiazole rings is 1. The monoisotopic (exact) mass is 282 g/mol. The molecule has 0 aliphatic rings. The van der Waals surface area contributed by atoms with Crippen LogP contribution in [0.25, 0.3) is 0 Å². The average Bonchev–Trinajstić information content (AvgIpc) is 2.80. The third-order valence-electron chi connectivity index (χ3n) is 2.28. The van der Waals surface area contributed by atoms with Gasteiger partial charge in [0.25, 0.3) is 0 Å². The van der Waals surface area contributed by atoms with Crippen LogP contribution in [0.3, 0.4) is 0 Å². The number of benzene rings is 1. The second-order valence-electron chi connectivity index (χ2n) is 3.79. The van der Waals surface area contributed by atoms with E-state index in [0.29, 0.717) is 10.9 Å². The maximum absolute atomic E-state index is 5.83. The molecule has 3 nitrogen and oxygen atoms in total. The van der Waals surface area contributed by atoms with Gasteiger partial charge in [0.2, 0.25) is 0 Å². The van der Waals surface area contributed by atoms with Gasteiger partial charge in [0, 0.05) is 11.8 Å². The number of hydrogen-bond acceptors (Lipinski definition) is 4. The van der Waals surface area contributed by atoms with Gasteiger partial charge in [-0.2, -0.15) is 0 Å². The first-order valence-corrected chi connectivity index (χ1v) is 7.04. The molecule has 0 fully saturated rings. The quantitative estimate of drug-likeness (QED) is 0.862. The molecule has 18 heavy (non-hydrogen) atoms. The summed E-state index contributed by atoms with van der Waals surface area (Å²) in [7, 11) is 0. The van der Waals surface area contributed by atoms with E-state index in [2.05, 4.69) is 17.2 Å². The Bertz CT molecular complexity index is 501. The Labute approximate surface area is 116 Å². The van der Waals surface area contributed by atoms with Gasteiger partial charge in [0.1, 0.15) is 15.1 Å². The minimum atomic E-state index is 0.675. The van der Waals surface area contributed by atoms with E-state index in [9.17, 15) is 0 Å². The highest BCUT2D eigenvalue weighted by Crippen LogP contribution is 2.21. The van der Waals surface area contributed by atoms with Gasteiger partial charge in [-0.05, 0) is 18.6 Å². The summed E-state index contributed by atoms with van der Waals surface area (Å²) in [5, 5.41) is 4.27. The Balaban J connectivity index is 1.92. The number of nitrogens with zero attached hydrogens (tertiary/aromatic N) is 1. The van der Waals surface area contributed by atoms with Crippen molar-refractivity contribution in [2.75, 3.05) is 11.9 Å². The lowest BCUT2D eigenvalue weighted by Gasteiger charge is -2.08. The minimum Gasteiger partial charge on any atom is -0.494 e. The molecule has 0 bridgehead atoms. The van der Waals surface area contributed by atoms with Gasteiger partial charge in [0.15, 0.2) is 0 Å². The summed E-state index contributed by atoms with van der Waals surface area (Å²) in [4.78, 5) is 4.20. The number of halogens is 1. The fourth-order valence-corrected chi connectivity index (χ4v) is 2.36. The standard InChI is InChI=1S/C13H15ClN2OS/c1-2-6-17-11-5-3-4-10(7-11)15-9-13-16-8-12(14)18-13/h3-5,7-8,15H,2,6,9H2,1H3. The van der Waals surface area contributed by atoms with E-state index < -0.39 is 0 Å². The van der Waals surface area contributed by atoms with E-state index in [1.54, 1.807) is 6.20 Å². The molecular formula is C13H15ClN2OS. The number of ether oxygens (including phenoxy) is 1. The van der Waals surface area contributed by atoms with Crippen molar-refractivity contribution in [1.29, 1.82) is 0 Å². The van der Waals surface area contributed by atoms with Crippen LogP contribution < -0.4 is 10.1 Å². The molecule has 0 aliphatic carbocycles. The predicted molar refractivity (Wildman–Crippen MR) is 76.7 cm³/mol. The largest absolute Gasteiger partial charge is 0.494 e. The number of anilines is 1. The van der Waals surface area contributed by atoms with Crippen molar-refractivity contribution in [3.05, 3.63) is 39.8 Å². The maximum atomic E-state index is 5.83. The Morgan fingerprint density at radius 2 is 2.33 bits per heavy atom. The third kappa shape index (κ3) is 3.89. The van der Waals surface area contributed by atoms with Gasteiger partial charge in [-0.25, -0.2) is 4.98 Å². The SMILES string of the molecule is CCCOc1cccc(NCc2ncc(Cl)s2)c1. The van der Waals surface area contributed by atoms with Crippen molar-refractivity contribution in [2.24, 2.45) is 0 Å². The summed E-state index contributed by atoms with van der Waals surface area (Å²) in [6.45, 7) is 3.51. The topological polar surface area (TPSA) is 34.1 Å². The second kappa shape index (κ2) is 6.61. The van der Waals surface area contributed by atoms with Crippen molar-refractivity contribution in [2.45, 2.75) is 19.9 Å². The van der Waals surface area contributed by atoms with Gasteiger partial charge in [0.05, 0.1) is 19.3 Å². The van der Waals surface area contributed by atoms with Crippen molar-refractivity contribution in [3.63, 3.8) is 0 Å². The van der Waals surface area contributed by atoms with E-state index in [1.165, 1.54) is 11.3 Å². The zero-order valence-electron chi connectivity index (χ0n) is 10.1. The Morgan fingerprint density at radius 1 is 1.44 bits per heavy atom. The smallest absolute Gasteiger partial charge is 0.121 e. The molecule has 0 saturated carbocycles. The van der Waals surface area contributed by atoms with Crippen molar-refractivity contribution >= 4 is 28.6 Å². The maximum Gasteiger partial charge on any atom is 0.121 e. The first-order valence-electron chi connectivity index (χ1n) is 5.85. The second-order valence-corrected chi connectivity index (χ2v) is 5.53. The Morgan fingerprint density at radius 3 is 3.06 bits per heavy atom. The first kappa shape index (κ1) is 13.2. The van der Waals surface area contributed by atoms with Crippen molar-refractivity contribution in [1.82, 2.24) is 4.98 Å². The molecule has 0 radical (unpaired) electrons. The highest BCUT2D eigenvalue weighted by atomic mass is 35.5. The molecule has 1 aromatic heterocycles. The van der Waals surface area contributed by atoms with Crippen LogP contribution in [0.2, 0.25) is 4.34 Å². The van der Waals surface area contributed by atoms with Crippen LogP contribution in [0.4, 0.5) is 5.69 Å². The van der Waals surface area contributed by atoms with E-state index in [-0.39, 0.29) is 0 Å². The molecule has 0 aliphatic heterocycles. The molecule has 2 rings (SSSR count). The van der Waals surface area contributed by atoms with Crippen LogP contribution in [0.15, 0.2) is 30.5 Å². The van der Waals surface area contributed by atoms with E-state index in [4.69, 9.17) is 16.3 Å². The molecule has 2 aromatic rings. The molecule has 0 amide bonds. The average molecular weight is 283 g/mol. The zero-order chi connectivity index (χ0) is 12.8. The fourth-order valence-electron chi connectivity index (χ4n) is 1.46. The Hall–Kier alpha value is -1.26. The molecule has 1 N–H and O–H groups in total. The molecule has 0 unspecified atom stereocenters. The van der Waals surface area contributed by atoms with Crippen molar-refractivity contribution in [3.8, 4) is 5.75 Å². The van der Waals surface area contributed by atoms with E-state index in [0.717, 1.165) is 29.5 Å². The van der Waals surface area contributed by atoms with Crippen molar-refractivity contribution < 1.29 is 4.74 Å². The minimum absolute atomic E-state index is 0.675. The molecule has 0 atom stereocenters. The summed E-state index contributed by atoms with van der Waals surface area (Å²) in [6, 6.07) is 7.93. The van der Waals surface area contributed by atoms with Gasteiger partial charge >= 0.3 is 0 Å². The van der Waals surface area contributed by atoms with Crippen LogP contribution in [0.1, 0.15) is 18.4 Å². The number of rotatable bonds is 6. The highest BCUT2D eigenvalue weighted by Gasteiger charge is 2.00. The third-order valence-corrected chi connectivity index (χ3v) is 3.39. The van der Waals surface area contributed by atoms with Crippen LogP contribution in [0, 0.1) is 0 Å². The highest BCUT2D eigenvalue weighted by molar-refractivity contribution is 7.15. The summed E-state index contributed by atoms with van der Waals surface area (Å²) in [5.74, 6) is 0.888. The first-order chi connectivity index (χ1) is 8.78. The van der Waals surface area contributed by atoms with Gasteiger partial charge < -0.3 is 10.1 Å². The molecule has 5 heteroatoms. The van der Waals surface area contributed by atoms with Crippen LogP contribution in [-0.4, -0.2) is 11.6 Å². The van der Waals surface area contributed by atoms with Crippen LogP contribution in [0.5, 0.6) is 5.75 Å².